The number of halogens is 3. The summed E-state index contributed by atoms with van der Waals surface area (Å²) in [7, 11) is 4.04. The number of fused-ring (bicyclic) bond motifs is 2. The second-order valence-corrected chi connectivity index (χ2v) is 10.0. The molecule has 1 unspecified atom stereocenters. The van der Waals surface area contributed by atoms with Gasteiger partial charge in [-0.2, -0.15) is 13.2 Å². The predicted octanol–water partition coefficient (Wildman–Crippen LogP) is 4.92. The molecule has 2 aromatic rings. The second kappa shape index (κ2) is 9.82. The van der Waals surface area contributed by atoms with Crippen molar-refractivity contribution in [2.45, 2.75) is 51.5 Å². The Morgan fingerprint density at radius 1 is 1.06 bits per heavy atom. The zero-order chi connectivity index (χ0) is 25.5. The smallest absolute Gasteiger partial charge is 0.416 e. The van der Waals surface area contributed by atoms with Crippen molar-refractivity contribution in [1.82, 2.24) is 14.7 Å². The molecular weight excluding hydrogens is 455 g/mol. The highest BCUT2D eigenvalue weighted by Gasteiger charge is 2.47. The Morgan fingerprint density at radius 2 is 1.74 bits per heavy atom. The van der Waals surface area contributed by atoms with E-state index in [4.69, 9.17) is 4.74 Å². The van der Waals surface area contributed by atoms with E-state index in [0.29, 0.717) is 18.7 Å². The molecule has 35 heavy (non-hydrogen) atoms. The molecule has 0 spiro atoms. The SMILES string of the molecule is Cc1c(OCCN(C)C)ccc(C(C)N2C[C@@H]3C[C@@H]2CN3C(=O)c2ccc(C(F)(F)F)cc2)c1C. The zero-order valence-electron chi connectivity index (χ0n) is 21.0. The summed E-state index contributed by atoms with van der Waals surface area (Å²) in [5.74, 6) is 0.723. The molecule has 8 heteroatoms. The van der Waals surface area contributed by atoms with Gasteiger partial charge >= 0.3 is 6.18 Å². The summed E-state index contributed by atoms with van der Waals surface area (Å²) in [5.41, 5.74) is 3.20. The van der Waals surface area contributed by atoms with E-state index in [9.17, 15) is 18.0 Å². The number of benzene rings is 2. The fourth-order valence-corrected chi connectivity index (χ4v) is 5.33. The van der Waals surface area contributed by atoms with Crippen molar-refractivity contribution in [2.24, 2.45) is 0 Å². The van der Waals surface area contributed by atoms with Crippen LogP contribution in [0.4, 0.5) is 13.2 Å². The lowest BCUT2D eigenvalue weighted by Crippen LogP contribution is -2.49. The maximum Gasteiger partial charge on any atom is 0.416 e. The molecule has 0 saturated carbocycles. The van der Waals surface area contributed by atoms with Crippen LogP contribution in [-0.4, -0.2) is 73.0 Å². The summed E-state index contributed by atoms with van der Waals surface area (Å²) in [6.07, 6.45) is -3.52. The topological polar surface area (TPSA) is 36.0 Å². The van der Waals surface area contributed by atoms with Gasteiger partial charge in [0.15, 0.2) is 0 Å². The molecule has 2 saturated heterocycles. The second-order valence-electron chi connectivity index (χ2n) is 10.0. The van der Waals surface area contributed by atoms with E-state index in [1.54, 1.807) is 0 Å². The van der Waals surface area contributed by atoms with Crippen LogP contribution in [0.15, 0.2) is 36.4 Å². The van der Waals surface area contributed by atoms with E-state index < -0.39 is 11.7 Å². The van der Waals surface area contributed by atoms with Crippen LogP contribution in [0.1, 0.15) is 52.0 Å². The first-order valence-corrected chi connectivity index (χ1v) is 12.1. The highest BCUT2D eigenvalue weighted by molar-refractivity contribution is 5.94. The summed E-state index contributed by atoms with van der Waals surface area (Å²) in [6, 6.07) is 9.24. The number of nitrogens with zero attached hydrogens (tertiary/aromatic N) is 3. The normalized spacial score (nSPS) is 21.1. The molecule has 0 N–H and O–H groups in total. The fraction of sp³-hybridized carbons (Fsp3) is 0.519. The van der Waals surface area contributed by atoms with Gasteiger partial charge in [-0.1, -0.05) is 6.07 Å². The van der Waals surface area contributed by atoms with Gasteiger partial charge < -0.3 is 14.5 Å². The number of hydrogen-bond acceptors (Lipinski definition) is 4. The number of ether oxygens (including phenoxy) is 1. The van der Waals surface area contributed by atoms with Crippen molar-refractivity contribution in [3.63, 3.8) is 0 Å². The highest BCUT2D eigenvalue weighted by Crippen LogP contribution is 2.39. The van der Waals surface area contributed by atoms with Gasteiger partial charge in [0.25, 0.3) is 5.91 Å². The van der Waals surface area contributed by atoms with Gasteiger partial charge in [-0.3, -0.25) is 9.69 Å². The molecule has 2 fully saturated rings. The summed E-state index contributed by atoms with van der Waals surface area (Å²) >= 11 is 0. The molecule has 2 bridgehead atoms. The third kappa shape index (κ3) is 5.19. The number of rotatable bonds is 7. The van der Waals surface area contributed by atoms with E-state index in [1.165, 1.54) is 23.3 Å². The monoisotopic (exact) mass is 489 g/mol. The van der Waals surface area contributed by atoms with Gasteiger partial charge in [0.05, 0.1) is 5.56 Å². The van der Waals surface area contributed by atoms with Crippen LogP contribution in [0.3, 0.4) is 0 Å². The average Bonchev–Trinajstić information content (AvgIpc) is 3.41. The Labute approximate surface area is 205 Å². The van der Waals surface area contributed by atoms with Crippen molar-refractivity contribution in [2.75, 3.05) is 40.3 Å². The Kier molecular flexibility index (Phi) is 7.16. The van der Waals surface area contributed by atoms with Crippen molar-refractivity contribution in [3.05, 3.63) is 64.2 Å². The number of piperazine rings is 1. The van der Waals surface area contributed by atoms with Crippen molar-refractivity contribution >= 4 is 5.91 Å². The number of carbonyl (C=O) groups excluding carboxylic acids is 1. The lowest BCUT2D eigenvalue weighted by Gasteiger charge is -2.38. The first-order chi connectivity index (χ1) is 16.5. The first kappa shape index (κ1) is 25.5. The summed E-state index contributed by atoms with van der Waals surface area (Å²) in [4.78, 5) is 19.4. The molecule has 0 aromatic heterocycles. The van der Waals surface area contributed by atoms with Crippen LogP contribution in [0.5, 0.6) is 5.75 Å². The Hall–Kier alpha value is -2.58. The van der Waals surface area contributed by atoms with Gasteiger partial charge in [0.2, 0.25) is 0 Å². The summed E-state index contributed by atoms with van der Waals surface area (Å²) < 4.78 is 44.5. The Morgan fingerprint density at radius 3 is 2.31 bits per heavy atom. The van der Waals surface area contributed by atoms with Crippen molar-refractivity contribution in [3.8, 4) is 5.75 Å². The van der Waals surface area contributed by atoms with Crippen molar-refractivity contribution in [1.29, 1.82) is 0 Å². The van der Waals surface area contributed by atoms with Gasteiger partial charge in [0.1, 0.15) is 12.4 Å². The van der Waals surface area contributed by atoms with Crippen LogP contribution in [-0.2, 0) is 6.18 Å². The lowest BCUT2D eigenvalue weighted by molar-refractivity contribution is -0.137. The first-order valence-electron chi connectivity index (χ1n) is 12.1. The zero-order valence-corrected chi connectivity index (χ0v) is 21.0. The van der Waals surface area contributed by atoms with Crippen LogP contribution >= 0.6 is 0 Å². The number of hydrogen-bond donors (Lipinski definition) is 0. The number of carbonyl (C=O) groups is 1. The third-order valence-electron chi connectivity index (χ3n) is 7.53. The molecule has 1 amide bonds. The molecule has 3 atom stereocenters. The maximum absolute atomic E-state index is 13.0. The van der Waals surface area contributed by atoms with Gasteiger partial charge in [-0.05, 0) is 88.3 Å². The van der Waals surface area contributed by atoms with Crippen molar-refractivity contribution < 1.29 is 22.7 Å². The standard InChI is InChI=1S/C27H34F3N3O2/c1-17-18(2)25(35-13-12-31(4)5)11-10-24(17)19(3)32-15-23-14-22(32)16-33(23)26(34)20-6-8-21(9-7-20)27(28,29)30/h6-11,19,22-23H,12-16H2,1-5H3/t19?,22-,23+/m1/s1. The van der Waals surface area contributed by atoms with Crippen LogP contribution in [0, 0.1) is 13.8 Å². The van der Waals surface area contributed by atoms with Crippen LogP contribution in [0.25, 0.3) is 0 Å². The number of likely N-dealkylation sites (tertiary alicyclic amines) is 2. The quantitative estimate of drug-likeness (QED) is 0.553. The minimum absolute atomic E-state index is 0.0762. The molecule has 0 aliphatic carbocycles. The summed E-state index contributed by atoms with van der Waals surface area (Å²) in [5, 5.41) is 0. The minimum Gasteiger partial charge on any atom is -0.492 e. The highest BCUT2D eigenvalue weighted by atomic mass is 19.4. The molecule has 2 aliphatic heterocycles. The molecule has 2 aliphatic rings. The fourth-order valence-electron chi connectivity index (χ4n) is 5.33. The van der Waals surface area contributed by atoms with E-state index >= 15 is 0 Å². The van der Waals surface area contributed by atoms with Crippen LogP contribution in [0.2, 0.25) is 0 Å². The molecule has 2 aromatic carbocycles. The third-order valence-corrected chi connectivity index (χ3v) is 7.53. The molecule has 4 rings (SSSR count). The van der Waals surface area contributed by atoms with E-state index in [1.807, 2.05) is 19.0 Å². The number of amides is 1. The van der Waals surface area contributed by atoms with E-state index in [0.717, 1.165) is 43.0 Å². The van der Waals surface area contributed by atoms with Gasteiger partial charge in [-0.25, -0.2) is 0 Å². The molecular formula is C27H34F3N3O2. The largest absolute Gasteiger partial charge is 0.492 e. The average molecular weight is 490 g/mol. The van der Waals surface area contributed by atoms with Crippen LogP contribution < -0.4 is 4.74 Å². The Balaban J connectivity index is 1.41. The minimum atomic E-state index is -4.40. The molecule has 190 valence electrons. The van der Waals surface area contributed by atoms with Gasteiger partial charge in [-0.15, -0.1) is 0 Å². The number of alkyl halides is 3. The molecule has 2 heterocycles. The summed E-state index contributed by atoms with van der Waals surface area (Å²) in [6.45, 7) is 9.29. The van der Waals surface area contributed by atoms with E-state index in [2.05, 4.69) is 42.7 Å². The number of likely N-dealkylation sites (N-methyl/N-ethyl adjacent to an activating group) is 1. The lowest BCUT2D eigenvalue weighted by atomic mass is 9.96. The Bertz CT molecular complexity index is 1070. The molecule has 0 radical (unpaired) electrons. The van der Waals surface area contributed by atoms with E-state index in [-0.39, 0.29) is 24.0 Å². The van der Waals surface area contributed by atoms with Gasteiger partial charge in [0, 0.05) is 43.3 Å². The predicted molar refractivity (Wildman–Crippen MR) is 130 cm³/mol. The maximum atomic E-state index is 13.0. The molecule has 5 nitrogen and oxygen atoms in total.